The van der Waals surface area contributed by atoms with Crippen LogP contribution in [0.1, 0.15) is 37.0 Å². The Balaban J connectivity index is 1.95. The van der Waals surface area contributed by atoms with E-state index in [0.717, 1.165) is 30.3 Å². The molecule has 1 amide bonds. The van der Waals surface area contributed by atoms with Crippen molar-refractivity contribution in [2.45, 2.75) is 38.8 Å². The van der Waals surface area contributed by atoms with Crippen LogP contribution >= 0.6 is 9.24 Å². The van der Waals surface area contributed by atoms with Crippen molar-refractivity contribution in [3.05, 3.63) is 29.8 Å². The van der Waals surface area contributed by atoms with E-state index in [2.05, 4.69) is 34.6 Å². The molecule has 0 aliphatic carbocycles. The summed E-state index contributed by atoms with van der Waals surface area (Å²) in [5.74, 6) is 1.95. The second kappa shape index (κ2) is 8.10. The fourth-order valence-electron chi connectivity index (χ4n) is 3.89. The van der Waals surface area contributed by atoms with Crippen LogP contribution in [0, 0.1) is 5.92 Å². The number of nitrogens with zero attached hydrogens (tertiary/aromatic N) is 2. The Kier molecular flexibility index (Phi) is 6.00. The number of ether oxygens (including phenoxy) is 2. The number of carbonyl (C=O) groups is 1. The molecule has 27 heavy (non-hydrogen) atoms. The number of methoxy groups -OCH3 is 1. The molecule has 2 heterocycles. The summed E-state index contributed by atoms with van der Waals surface area (Å²) in [6.07, 6.45) is 2.90. The lowest BCUT2D eigenvalue weighted by Crippen LogP contribution is -2.45. The van der Waals surface area contributed by atoms with Gasteiger partial charge in [-0.1, -0.05) is 19.1 Å². The Morgan fingerprint density at radius 2 is 2.11 bits per heavy atom. The number of benzene rings is 1. The van der Waals surface area contributed by atoms with Crippen molar-refractivity contribution in [1.29, 1.82) is 0 Å². The highest BCUT2D eigenvalue weighted by molar-refractivity contribution is 7.16. The van der Waals surface area contributed by atoms with Gasteiger partial charge in [0.15, 0.2) is 11.5 Å². The van der Waals surface area contributed by atoms with Crippen molar-refractivity contribution in [2.24, 2.45) is 5.92 Å². The van der Waals surface area contributed by atoms with Gasteiger partial charge in [-0.3, -0.25) is 4.79 Å². The van der Waals surface area contributed by atoms with Crippen LogP contribution in [-0.4, -0.2) is 56.4 Å². The molecule has 5 nitrogen and oxygen atoms in total. The second-order valence-electron chi connectivity index (χ2n) is 7.80. The lowest BCUT2D eigenvalue weighted by Gasteiger charge is -2.32. The van der Waals surface area contributed by atoms with E-state index in [1.165, 1.54) is 0 Å². The van der Waals surface area contributed by atoms with Crippen LogP contribution in [0.2, 0.25) is 0 Å². The monoisotopic (exact) mass is 390 g/mol. The lowest BCUT2D eigenvalue weighted by atomic mass is 10.0. The van der Waals surface area contributed by atoms with Gasteiger partial charge in [-0.15, -0.1) is 9.24 Å². The first kappa shape index (κ1) is 20.0. The number of likely N-dealkylation sites (N-methyl/N-ethyl adjacent to an activating group) is 1. The molecule has 0 bridgehead atoms. The van der Waals surface area contributed by atoms with E-state index in [0.29, 0.717) is 36.1 Å². The first-order valence-electron chi connectivity index (χ1n) is 9.62. The van der Waals surface area contributed by atoms with Crippen molar-refractivity contribution in [2.75, 3.05) is 38.4 Å². The zero-order valence-corrected chi connectivity index (χ0v) is 18.0. The van der Waals surface area contributed by atoms with Crippen LogP contribution in [-0.2, 0) is 0 Å². The Morgan fingerprint density at radius 1 is 1.37 bits per heavy atom. The fraction of sp³-hybridized carbons (Fsp3) is 0.571. The van der Waals surface area contributed by atoms with Gasteiger partial charge in [-0.25, -0.2) is 0 Å². The van der Waals surface area contributed by atoms with Gasteiger partial charge in [0.2, 0.25) is 0 Å². The highest BCUT2D eigenvalue weighted by atomic mass is 31.0. The molecule has 3 unspecified atom stereocenters. The average Bonchev–Trinajstić information content (AvgIpc) is 3.04. The summed E-state index contributed by atoms with van der Waals surface area (Å²) < 4.78 is 11.6. The molecule has 0 aromatic heterocycles. The van der Waals surface area contributed by atoms with E-state index in [1.807, 2.05) is 24.1 Å². The third-order valence-corrected chi connectivity index (χ3v) is 6.69. The standard InChI is InChI=1S/C21H31N2O3P/c1-13(12-27)6-7-26-20-10-18-16(9-19(20)25-5)21(24)23-11-14(2)8-17(23)15(3)22(18)4/h9-10,13,15,17H,2,6-8,11-12,27H2,1,3-5H3/t13?,15?,17-/m0/s1. The molecule has 2 aliphatic heterocycles. The van der Waals surface area contributed by atoms with Gasteiger partial charge in [-0.05, 0) is 37.9 Å². The molecular weight excluding hydrogens is 359 g/mol. The maximum absolute atomic E-state index is 13.2. The van der Waals surface area contributed by atoms with E-state index in [9.17, 15) is 4.79 Å². The number of rotatable bonds is 6. The number of amides is 1. The number of hydrogen-bond acceptors (Lipinski definition) is 4. The molecule has 3 rings (SSSR count). The average molecular weight is 390 g/mol. The first-order chi connectivity index (χ1) is 12.9. The van der Waals surface area contributed by atoms with Crippen LogP contribution in [0.25, 0.3) is 0 Å². The molecule has 1 saturated heterocycles. The third-order valence-electron chi connectivity index (χ3n) is 5.88. The van der Waals surface area contributed by atoms with E-state index < -0.39 is 0 Å². The van der Waals surface area contributed by atoms with Crippen LogP contribution in [0.15, 0.2) is 24.3 Å². The summed E-state index contributed by atoms with van der Waals surface area (Å²) in [7, 11) is 6.44. The molecule has 6 heteroatoms. The Hall–Kier alpha value is -1.74. The lowest BCUT2D eigenvalue weighted by molar-refractivity contribution is 0.0733. The predicted octanol–water partition coefficient (Wildman–Crippen LogP) is 3.58. The van der Waals surface area contributed by atoms with Crippen LogP contribution in [0.3, 0.4) is 0 Å². The van der Waals surface area contributed by atoms with E-state index in [4.69, 9.17) is 9.47 Å². The summed E-state index contributed by atoms with van der Waals surface area (Å²) >= 11 is 0. The minimum atomic E-state index is 0.0475. The summed E-state index contributed by atoms with van der Waals surface area (Å²) in [5.41, 5.74) is 2.69. The predicted molar refractivity (Wildman–Crippen MR) is 113 cm³/mol. The molecule has 4 atom stereocenters. The molecule has 1 aromatic rings. The molecule has 0 saturated carbocycles. The fourth-order valence-corrected chi connectivity index (χ4v) is 4.12. The zero-order chi connectivity index (χ0) is 19.7. The van der Waals surface area contributed by atoms with Gasteiger partial charge in [0.25, 0.3) is 5.91 Å². The van der Waals surface area contributed by atoms with Crippen LogP contribution < -0.4 is 14.4 Å². The summed E-state index contributed by atoms with van der Waals surface area (Å²) in [4.78, 5) is 17.4. The number of hydrogen-bond donors (Lipinski definition) is 0. The topological polar surface area (TPSA) is 42.0 Å². The van der Waals surface area contributed by atoms with Crippen molar-refractivity contribution < 1.29 is 14.3 Å². The number of fused-ring (bicyclic) bond motifs is 2. The van der Waals surface area contributed by atoms with Crippen molar-refractivity contribution in [1.82, 2.24) is 4.90 Å². The molecule has 148 valence electrons. The minimum Gasteiger partial charge on any atom is -0.493 e. The third kappa shape index (κ3) is 3.80. The molecule has 2 aliphatic rings. The summed E-state index contributed by atoms with van der Waals surface area (Å²) in [6.45, 7) is 9.75. The van der Waals surface area contributed by atoms with Crippen molar-refractivity contribution in [3.63, 3.8) is 0 Å². The van der Waals surface area contributed by atoms with Crippen LogP contribution in [0.4, 0.5) is 5.69 Å². The van der Waals surface area contributed by atoms with Gasteiger partial charge >= 0.3 is 0 Å². The summed E-state index contributed by atoms with van der Waals surface area (Å²) in [5, 5.41) is 0. The first-order valence-corrected chi connectivity index (χ1v) is 10.4. The molecule has 1 fully saturated rings. The SMILES string of the molecule is C=C1C[C@H]2C(C)N(C)c3cc(OCCC(C)CP)c(OC)cc3C(=O)N2C1. The molecular formula is C21H31N2O3P. The van der Waals surface area contributed by atoms with Gasteiger partial charge in [0, 0.05) is 25.7 Å². The second-order valence-corrected chi connectivity index (χ2v) is 8.28. The maximum atomic E-state index is 13.2. The van der Waals surface area contributed by atoms with Gasteiger partial charge in [0.05, 0.1) is 31.0 Å². The molecule has 0 radical (unpaired) electrons. The smallest absolute Gasteiger partial charge is 0.256 e. The van der Waals surface area contributed by atoms with Crippen molar-refractivity contribution in [3.8, 4) is 11.5 Å². The highest BCUT2D eigenvalue weighted by Crippen LogP contribution is 2.41. The zero-order valence-electron chi connectivity index (χ0n) is 16.8. The quantitative estimate of drug-likeness (QED) is 0.550. The largest absolute Gasteiger partial charge is 0.493 e. The van der Waals surface area contributed by atoms with E-state index >= 15 is 0 Å². The van der Waals surface area contributed by atoms with Crippen LogP contribution in [0.5, 0.6) is 11.5 Å². The minimum absolute atomic E-state index is 0.0475. The molecule has 0 spiro atoms. The maximum Gasteiger partial charge on any atom is 0.256 e. The Bertz CT molecular complexity index is 736. The Labute approximate surface area is 164 Å². The summed E-state index contributed by atoms with van der Waals surface area (Å²) in [6, 6.07) is 4.15. The number of carbonyl (C=O) groups excluding carboxylic acids is 1. The van der Waals surface area contributed by atoms with Gasteiger partial charge in [-0.2, -0.15) is 0 Å². The highest BCUT2D eigenvalue weighted by Gasteiger charge is 2.41. The van der Waals surface area contributed by atoms with Gasteiger partial charge < -0.3 is 19.3 Å². The van der Waals surface area contributed by atoms with Gasteiger partial charge in [0.1, 0.15) is 0 Å². The molecule has 1 aromatic carbocycles. The Morgan fingerprint density at radius 3 is 2.78 bits per heavy atom. The normalized spacial score (nSPS) is 23.0. The number of anilines is 1. The van der Waals surface area contributed by atoms with Crippen molar-refractivity contribution >= 4 is 20.8 Å². The molecule has 0 N–H and O–H groups in total. The van der Waals surface area contributed by atoms with E-state index in [1.54, 1.807) is 7.11 Å². The van der Waals surface area contributed by atoms with E-state index in [-0.39, 0.29) is 18.0 Å².